The first-order valence-corrected chi connectivity index (χ1v) is 8.85. The molecule has 0 bridgehead atoms. The molecule has 0 radical (unpaired) electrons. The quantitative estimate of drug-likeness (QED) is 0.318. The lowest BCUT2D eigenvalue weighted by Crippen LogP contribution is -2.30. The average molecular weight is 372 g/mol. The number of unbranched alkanes of at least 4 members (excludes halogenated alkanes) is 2. The van der Waals surface area contributed by atoms with Gasteiger partial charge in [-0.2, -0.15) is 0 Å². The van der Waals surface area contributed by atoms with Crippen LogP contribution in [-0.2, 0) is 4.79 Å². The molecule has 1 heterocycles. The van der Waals surface area contributed by atoms with Gasteiger partial charge in [0.05, 0.1) is 11.1 Å². The van der Waals surface area contributed by atoms with Gasteiger partial charge in [-0.15, -0.1) is 0 Å². The largest absolute Gasteiger partial charge is 0.427 e. The normalized spacial score (nSPS) is 13.0. The van der Waals surface area contributed by atoms with Crippen molar-refractivity contribution in [2.45, 2.75) is 25.7 Å². The molecule has 0 N–H and O–H groups in total. The van der Waals surface area contributed by atoms with E-state index < -0.39 is 0 Å². The van der Waals surface area contributed by atoms with Crippen LogP contribution in [0.25, 0.3) is 0 Å². The number of rotatable bonds is 7. The third-order valence-corrected chi connectivity index (χ3v) is 4.44. The number of benzene rings is 2. The lowest BCUT2D eigenvalue weighted by Gasteiger charge is -2.13. The number of imide groups is 1. The highest BCUT2D eigenvalue weighted by Crippen LogP contribution is 2.23. The van der Waals surface area contributed by atoms with E-state index in [0.29, 0.717) is 41.3 Å². The van der Waals surface area contributed by atoms with Crippen molar-refractivity contribution in [1.29, 1.82) is 0 Å². The lowest BCUT2D eigenvalue weighted by atomic mass is 10.1. The summed E-state index contributed by atoms with van der Waals surface area (Å²) in [6.45, 7) is 0.360. The average Bonchev–Trinajstić information content (AvgIpc) is 2.88. The summed E-state index contributed by atoms with van der Waals surface area (Å²) in [5.41, 5.74) is 0.924. The summed E-state index contributed by atoms with van der Waals surface area (Å²) in [5, 5.41) is 0.581. The van der Waals surface area contributed by atoms with Gasteiger partial charge in [-0.05, 0) is 49.2 Å². The number of hydrogen-bond donors (Lipinski definition) is 0. The highest BCUT2D eigenvalue weighted by atomic mass is 35.5. The molecule has 26 heavy (non-hydrogen) atoms. The fourth-order valence-corrected chi connectivity index (χ4v) is 2.97. The molecule has 0 spiro atoms. The van der Waals surface area contributed by atoms with E-state index in [9.17, 15) is 14.4 Å². The zero-order valence-electron chi connectivity index (χ0n) is 14.1. The van der Waals surface area contributed by atoms with E-state index in [1.54, 1.807) is 48.5 Å². The van der Waals surface area contributed by atoms with Gasteiger partial charge in [0.25, 0.3) is 11.8 Å². The molecule has 6 heteroatoms. The second-order valence-corrected chi connectivity index (χ2v) is 6.48. The van der Waals surface area contributed by atoms with Crippen LogP contribution in [0.5, 0.6) is 5.75 Å². The Kier molecular flexibility index (Phi) is 5.68. The van der Waals surface area contributed by atoms with E-state index in [2.05, 4.69) is 0 Å². The van der Waals surface area contributed by atoms with Gasteiger partial charge in [-0.25, -0.2) is 0 Å². The Bertz CT molecular complexity index is 797. The van der Waals surface area contributed by atoms with E-state index in [4.69, 9.17) is 16.3 Å². The summed E-state index contributed by atoms with van der Waals surface area (Å²) in [7, 11) is 0. The molecule has 2 aromatic rings. The number of carbonyl (C=O) groups is 3. The third-order valence-electron chi connectivity index (χ3n) is 4.19. The molecule has 0 saturated carbocycles. The molecule has 0 aromatic heterocycles. The molecule has 0 fully saturated rings. The van der Waals surface area contributed by atoms with Crippen LogP contribution in [0, 0.1) is 0 Å². The Morgan fingerprint density at radius 3 is 2.12 bits per heavy atom. The molecular weight excluding hydrogens is 354 g/mol. The maximum absolute atomic E-state index is 12.2. The topological polar surface area (TPSA) is 63.7 Å². The summed E-state index contributed by atoms with van der Waals surface area (Å²) in [6.07, 6.45) is 2.29. The molecule has 0 unspecified atom stereocenters. The van der Waals surface area contributed by atoms with E-state index in [0.717, 1.165) is 6.42 Å². The molecule has 1 aliphatic heterocycles. The van der Waals surface area contributed by atoms with Crippen LogP contribution in [-0.4, -0.2) is 29.2 Å². The van der Waals surface area contributed by atoms with Crippen molar-refractivity contribution in [3.05, 3.63) is 64.7 Å². The minimum Gasteiger partial charge on any atom is -0.427 e. The zero-order chi connectivity index (χ0) is 18.5. The summed E-state index contributed by atoms with van der Waals surface area (Å²) >= 11 is 5.78. The minimum atomic E-state index is -0.312. The number of ether oxygens (including phenoxy) is 1. The van der Waals surface area contributed by atoms with Crippen LogP contribution in [0.15, 0.2) is 48.5 Å². The molecule has 2 aromatic carbocycles. The molecule has 0 aliphatic carbocycles. The van der Waals surface area contributed by atoms with Crippen LogP contribution in [0.2, 0.25) is 5.02 Å². The second-order valence-electron chi connectivity index (χ2n) is 6.05. The Labute approximate surface area is 156 Å². The standard InChI is InChI=1S/C20H18ClNO4/c21-14-9-11-15(12-10-14)26-18(23)8-2-1-5-13-22-19(24)16-6-3-4-7-17(16)20(22)25/h3-4,6-7,9-12H,1-2,5,8,13H2. The van der Waals surface area contributed by atoms with Crippen LogP contribution in [0.3, 0.4) is 0 Å². The van der Waals surface area contributed by atoms with E-state index in [-0.39, 0.29) is 24.2 Å². The second kappa shape index (κ2) is 8.15. The third kappa shape index (κ3) is 4.11. The van der Waals surface area contributed by atoms with Gasteiger partial charge < -0.3 is 4.74 Å². The summed E-state index contributed by atoms with van der Waals surface area (Å²) in [6, 6.07) is 13.4. The molecule has 0 saturated heterocycles. The zero-order valence-corrected chi connectivity index (χ0v) is 14.9. The molecule has 0 atom stereocenters. The van der Waals surface area contributed by atoms with Crippen molar-refractivity contribution >= 4 is 29.4 Å². The van der Waals surface area contributed by atoms with Gasteiger partial charge in [0.15, 0.2) is 0 Å². The lowest BCUT2D eigenvalue weighted by molar-refractivity contribution is -0.134. The van der Waals surface area contributed by atoms with E-state index >= 15 is 0 Å². The number of esters is 1. The van der Waals surface area contributed by atoms with Gasteiger partial charge in [0, 0.05) is 18.0 Å². The van der Waals surface area contributed by atoms with Crippen molar-refractivity contribution < 1.29 is 19.1 Å². The van der Waals surface area contributed by atoms with Gasteiger partial charge in [-0.1, -0.05) is 30.2 Å². The van der Waals surface area contributed by atoms with Crippen molar-refractivity contribution in [1.82, 2.24) is 4.90 Å². The molecule has 1 aliphatic rings. The Hall–Kier alpha value is -2.66. The Morgan fingerprint density at radius 1 is 0.885 bits per heavy atom. The highest BCUT2D eigenvalue weighted by molar-refractivity contribution is 6.30. The van der Waals surface area contributed by atoms with Crippen LogP contribution < -0.4 is 4.74 Å². The maximum atomic E-state index is 12.2. The van der Waals surface area contributed by atoms with Crippen LogP contribution in [0.4, 0.5) is 0 Å². The number of amides is 2. The summed E-state index contributed by atoms with van der Waals surface area (Å²) in [5.74, 6) is -0.334. The number of fused-ring (bicyclic) bond motifs is 1. The van der Waals surface area contributed by atoms with Crippen LogP contribution >= 0.6 is 11.6 Å². The maximum Gasteiger partial charge on any atom is 0.311 e. The predicted molar refractivity (Wildman–Crippen MR) is 97.4 cm³/mol. The first-order valence-electron chi connectivity index (χ1n) is 8.48. The van der Waals surface area contributed by atoms with Gasteiger partial charge in [-0.3, -0.25) is 19.3 Å². The van der Waals surface area contributed by atoms with E-state index in [1.165, 1.54) is 4.90 Å². The van der Waals surface area contributed by atoms with Gasteiger partial charge >= 0.3 is 5.97 Å². The van der Waals surface area contributed by atoms with Crippen molar-refractivity contribution in [2.24, 2.45) is 0 Å². The van der Waals surface area contributed by atoms with Gasteiger partial charge in [0.1, 0.15) is 5.75 Å². The van der Waals surface area contributed by atoms with Crippen LogP contribution in [0.1, 0.15) is 46.4 Å². The SMILES string of the molecule is O=C(CCCCCN1C(=O)c2ccccc2C1=O)Oc1ccc(Cl)cc1. The number of carbonyl (C=O) groups excluding carboxylic acids is 3. The molecule has 5 nitrogen and oxygen atoms in total. The van der Waals surface area contributed by atoms with Crippen molar-refractivity contribution in [3.63, 3.8) is 0 Å². The minimum absolute atomic E-state index is 0.243. The molecule has 3 rings (SSSR count). The smallest absolute Gasteiger partial charge is 0.311 e. The Balaban J connectivity index is 1.38. The first-order chi connectivity index (χ1) is 12.6. The fraction of sp³-hybridized carbons (Fsp3) is 0.250. The fourth-order valence-electron chi connectivity index (χ4n) is 2.84. The van der Waals surface area contributed by atoms with Crippen molar-refractivity contribution in [2.75, 3.05) is 6.54 Å². The summed E-state index contributed by atoms with van der Waals surface area (Å²) in [4.78, 5) is 37.5. The summed E-state index contributed by atoms with van der Waals surface area (Å²) < 4.78 is 5.21. The number of hydrogen-bond acceptors (Lipinski definition) is 4. The monoisotopic (exact) mass is 371 g/mol. The predicted octanol–water partition coefficient (Wildman–Crippen LogP) is 4.10. The number of nitrogens with zero attached hydrogens (tertiary/aromatic N) is 1. The molecule has 134 valence electrons. The Morgan fingerprint density at radius 2 is 1.50 bits per heavy atom. The number of halogens is 1. The molecule has 2 amide bonds. The van der Waals surface area contributed by atoms with Gasteiger partial charge in [0.2, 0.25) is 0 Å². The van der Waals surface area contributed by atoms with Crippen molar-refractivity contribution in [3.8, 4) is 5.75 Å². The van der Waals surface area contributed by atoms with E-state index in [1.807, 2.05) is 0 Å². The molecular formula is C20H18ClNO4. The highest BCUT2D eigenvalue weighted by Gasteiger charge is 2.34. The first kappa shape index (κ1) is 18.1.